The molecule has 33 heavy (non-hydrogen) atoms. The molecule has 1 atom stereocenters. The van der Waals surface area contributed by atoms with Crippen LogP contribution in [0.3, 0.4) is 0 Å². The van der Waals surface area contributed by atoms with Crippen molar-refractivity contribution < 1.29 is 27.5 Å². The number of fused-ring (bicyclic) bond motifs is 2. The van der Waals surface area contributed by atoms with E-state index in [1.807, 2.05) is 6.07 Å². The minimum absolute atomic E-state index is 0.121. The summed E-state index contributed by atoms with van der Waals surface area (Å²) in [5, 5.41) is 1.90. The Labute approximate surface area is 192 Å². The number of ether oxygens (including phenoxy) is 2. The number of hydrogen-bond donors (Lipinski definition) is 1. The molecule has 9 heteroatoms. The zero-order valence-electron chi connectivity index (χ0n) is 18.4. The number of hydrogen-bond acceptors (Lipinski definition) is 6. The molecule has 2 heterocycles. The van der Waals surface area contributed by atoms with Crippen molar-refractivity contribution in [3.05, 3.63) is 47.5 Å². The molecule has 0 saturated heterocycles. The van der Waals surface area contributed by atoms with Gasteiger partial charge in [-0.25, -0.2) is 8.42 Å². The van der Waals surface area contributed by atoms with Crippen LogP contribution in [0.5, 0.6) is 11.5 Å². The fourth-order valence-electron chi connectivity index (χ4n) is 4.26. The second kappa shape index (κ2) is 8.37. The summed E-state index contributed by atoms with van der Waals surface area (Å²) in [6, 6.07) is 10.3. The second-order valence-electron chi connectivity index (χ2n) is 8.83. The monoisotopic (exact) mass is 470 g/mol. The molecular formula is C24H26N2O6S. The van der Waals surface area contributed by atoms with E-state index in [-0.39, 0.29) is 42.4 Å². The Morgan fingerprint density at radius 3 is 2.70 bits per heavy atom. The highest BCUT2D eigenvalue weighted by molar-refractivity contribution is 7.92. The summed E-state index contributed by atoms with van der Waals surface area (Å²) in [5.41, 5.74) is 2.51. The summed E-state index contributed by atoms with van der Waals surface area (Å²) < 4.78 is 36.8. The predicted octanol–water partition coefficient (Wildman–Crippen LogP) is 2.58. The van der Waals surface area contributed by atoms with Crippen molar-refractivity contribution in [2.45, 2.75) is 49.3 Å². The van der Waals surface area contributed by atoms with Gasteiger partial charge in [0.2, 0.25) is 18.6 Å². The Hall–Kier alpha value is -3.07. The summed E-state index contributed by atoms with van der Waals surface area (Å²) in [5.74, 6) is 1.21. The number of anilines is 1. The zero-order valence-corrected chi connectivity index (χ0v) is 19.2. The number of nitrogens with one attached hydrogen (secondary N) is 1. The first-order chi connectivity index (χ1) is 15.8. The zero-order chi connectivity index (χ0) is 23.2. The van der Waals surface area contributed by atoms with Crippen LogP contribution in [-0.4, -0.2) is 38.8 Å². The molecule has 1 N–H and O–H groups in total. The van der Waals surface area contributed by atoms with Crippen LogP contribution in [0.2, 0.25) is 0 Å². The van der Waals surface area contributed by atoms with Gasteiger partial charge in [0.25, 0.3) is 0 Å². The van der Waals surface area contributed by atoms with Crippen molar-refractivity contribution in [1.82, 2.24) is 5.32 Å². The molecule has 2 amide bonds. The Morgan fingerprint density at radius 1 is 1.12 bits per heavy atom. The van der Waals surface area contributed by atoms with Gasteiger partial charge in [0.1, 0.15) is 0 Å². The number of sulfone groups is 1. The highest BCUT2D eigenvalue weighted by Crippen LogP contribution is 2.37. The van der Waals surface area contributed by atoms with E-state index in [1.54, 1.807) is 42.2 Å². The van der Waals surface area contributed by atoms with Gasteiger partial charge in [0.05, 0.1) is 10.1 Å². The van der Waals surface area contributed by atoms with E-state index < -0.39 is 15.1 Å². The van der Waals surface area contributed by atoms with E-state index in [1.165, 1.54) is 0 Å². The smallest absolute Gasteiger partial charge is 0.231 e. The van der Waals surface area contributed by atoms with E-state index >= 15 is 0 Å². The molecule has 0 bridgehead atoms. The number of nitrogens with zero attached hydrogens (tertiary/aromatic N) is 1. The minimum atomic E-state index is -3.69. The lowest BCUT2D eigenvalue weighted by molar-refractivity contribution is -0.121. The van der Waals surface area contributed by atoms with E-state index in [4.69, 9.17) is 9.47 Å². The minimum Gasteiger partial charge on any atom is -0.454 e. The highest BCUT2D eigenvalue weighted by atomic mass is 32.2. The second-order valence-corrected chi connectivity index (χ2v) is 11.2. The lowest BCUT2D eigenvalue weighted by atomic mass is 10.2. The van der Waals surface area contributed by atoms with Crippen molar-refractivity contribution in [3.8, 4) is 11.5 Å². The summed E-state index contributed by atoms with van der Waals surface area (Å²) >= 11 is 0. The quantitative estimate of drug-likeness (QED) is 0.667. The molecule has 3 aliphatic rings. The fourth-order valence-corrected chi connectivity index (χ4v) is 5.66. The Balaban J connectivity index is 1.21. The van der Waals surface area contributed by atoms with E-state index in [2.05, 4.69) is 5.32 Å². The molecule has 0 spiro atoms. The lowest BCUT2D eigenvalue weighted by Gasteiger charge is -2.18. The van der Waals surface area contributed by atoms with Crippen LogP contribution >= 0.6 is 0 Å². The normalized spacial score (nSPS) is 17.5. The molecule has 2 aliphatic heterocycles. The van der Waals surface area contributed by atoms with Gasteiger partial charge in [-0.1, -0.05) is 6.07 Å². The molecule has 0 aromatic heterocycles. The molecule has 1 fully saturated rings. The van der Waals surface area contributed by atoms with Crippen LogP contribution in [0.1, 0.15) is 37.3 Å². The van der Waals surface area contributed by atoms with Crippen LogP contribution < -0.4 is 19.7 Å². The Kier molecular flexibility index (Phi) is 5.52. The topological polar surface area (TPSA) is 102 Å². The summed E-state index contributed by atoms with van der Waals surface area (Å²) in [6.45, 7) is 2.58. The summed E-state index contributed by atoms with van der Waals surface area (Å²) in [4.78, 5) is 26.9. The van der Waals surface area contributed by atoms with Gasteiger partial charge in [0, 0.05) is 31.1 Å². The van der Waals surface area contributed by atoms with Crippen LogP contribution in [0.4, 0.5) is 5.69 Å². The number of rotatable bonds is 7. The molecule has 174 valence electrons. The summed E-state index contributed by atoms with van der Waals surface area (Å²) in [7, 11) is -3.69. The lowest BCUT2D eigenvalue weighted by Crippen LogP contribution is -2.30. The molecular weight excluding hydrogens is 444 g/mol. The first-order valence-electron chi connectivity index (χ1n) is 11.2. The molecule has 2 aromatic rings. The van der Waals surface area contributed by atoms with Crippen molar-refractivity contribution >= 4 is 27.3 Å². The third kappa shape index (κ3) is 4.29. The van der Waals surface area contributed by atoms with E-state index in [9.17, 15) is 18.0 Å². The Morgan fingerprint density at radius 2 is 1.91 bits per heavy atom. The van der Waals surface area contributed by atoms with Gasteiger partial charge < -0.3 is 19.7 Å². The van der Waals surface area contributed by atoms with Gasteiger partial charge in [0.15, 0.2) is 21.3 Å². The highest BCUT2D eigenvalue weighted by Gasteiger charge is 2.37. The molecule has 1 unspecified atom stereocenters. The number of carbonyl (C=O) groups excluding carboxylic acids is 2. The standard InChI is InChI=1S/C24H26N2O6S/c1-15(10-23(27)25-13-16-2-7-21-22(11-16)32-14-31-21)33(29,30)19-5-6-20-18(12-19)8-9-26(20)24(28)17-3-4-17/h2,5-7,11-12,15,17H,3-4,8-10,13-14H2,1H3,(H,25,27). The summed E-state index contributed by atoms with van der Waals surface area (Å²) in [6.07, 6.45) is 2.37. The first-order valence-corrected chi connectivity index (χ1v) is 12.7. The maximum Gasteiger partial charge on any atom is 0.231 e. The Bertz CT molecular complexity index is 1220. The fraction of sp³-hybridized carbons (Fsp3) is 0.417. The van der Waals surface area contributed by atoms with Crippen LogP contribution in [0.25, 0.3) is 0 Å². The molecule has 5 rings (SSSR count). The van der Waals surface area contributed by atoms with E-state index in [0.717, 1.165) is 29.7 Å². The molecule has 1 saturated carbocycles. The number of benzene rings is 2. The maximum atomic E-state index is 13.1. The van der Waals surface area contributed by atoms with Crippen LogP contribution in [0, 0.1) is 5.92 Å². The van der Waals surface area contributed by atoms with Gasteiger partial charge in [-0.15, -0.1) is 0 Å². The van der Waals surface area contributed by atoms with Crippen molar-refractivity contribution in [2.24, 2.45) is 5.92 Å². The molecule has 1 aliphatic carbocycles. The van der Waals surface area contributed by atoms with Crippen molar-refractivity contribution in [3.63, 3.8) is 0 Å². The van der Waals surface area contributed by atoms with Gasteiger partial charge in [-0.3, -0.25) is 9.59 Å². The van der Waals surface area contributed by atoms with Crippen molar-refractivity contribution in [1.29, 1.82) is 0 Å². The molecule has 2 aromatic carbocycles. The SMILES string of the molecule is CC(CC(=O)NCc1ccc2c(c1)OCO2)S(=O)(=O)c1ccc2c(c1)CCN2C(=O)C1CC1. The van der Waals surface area contributed by atoms with Gasteiger partial charge in [-0.05, 0) is 67.6 Å². The third-order valence-corrected chi connectivity index (χ3v) is 8.53. The maximum absolute atomic E-state index is 13.1. The molecule has 8 nitrogen and oxygen atoms in total. The van der Waals surface area contributed by atoms with Crippen LogP contribution in [0.15, 0.2) is 41.3 Å². The predicted molar refractivity (Wildman–Crippen MR) is 121 cm³/mol. The molecule has 0 radical (unpaired) electrons. The van der Waals surface area contributed by atoms with E-state index in [0.29, 0.717) is 24.5 Å². The third-order valence-electron chi connectivity index (χ3n) is 6.40. The average Bonchev–Trinajstić information content (AvgIpc) is 3.40. The first kappa shape index (κ1) is 21.8. The van der Waals surface area contributed by atoms with Crippen LogP contribution in [-0.2, 0) is 32.4 Å². The number of carbonyl (C=O) groups is 2. The van der Waals surface area contributed by atoms with Gasteiger partial charge in [-0.2, -0.15) is 0 Å². The van der Waals surface area contributed by atoms with Crippen molar-refractivity contribution in [2.75, 3.05) is 18.2 Å². The largest absolute Gasteiger partial charge is 0.454 e. The van der Waals surface area contributed by atoms with Gasteiger partial charge >= 0.3 is 0 Å². The average molecular weight is 471 g/mol. The number of amides is 2.